The van der Waals surface area contributed by atoms with Gasteiger partial charge in [0, 0.05) is 18.0 Å². The van der Waals surface area contributed by atoms with E-state index in [1.54, 1.807) is 0 Å². The van der Waals surface area contributed by atoms with Crippen LogP contribution < -0.4 is 10.9 Å². The number of hydrogen-bond donors (Lipinski definition) is 3. The first-order valence-electron chi connectivity index (χ1n) is 9.32. The fraction of sp³-hybridized carbons (Fsp3) is 0.381. The summed E-state index contributed by atoms with van der Waals surface area (Å²) in [5.74, 6) is 0.695. The van der Waals surface area contributed by atoms with Crippen LogP contribution in [0.3, 0.4) is 0 Å². The van der Waals surface area contributed by atoms with Gasteiger partial charge in [0.25, 0.3) is 0 Å². The summed E-state index contributed by atoms with van der Waals surface area (Å²) in [7, 11) is 0. The second kappa shape index (κ2) is 7.48. The number of nitrogens with one attached hydrogen (secondary N) is 2. The van der Waals surface area contributed by atoms with Crippen LogP contribution in [0.1, 0.15) is 29.9 Å². The summed E-state index contributed by atoms with van der Waals surface area (Å²) in [5, 5.41) is 9.09. The number of carbonyl (C=O) groups is 1. The molecule has 136 valence electrons. The van der Waals surface area contributed by atoms with Crippen molar-refractivity contribution in [3.05, 3.63) is 71.8 Å². The van der Waals surface area contributed by atoms with E-state index < -0.39 is 6.09 Å². The molecule has 26 heavy (non-hydrogen) atoms. The number of nitrogens with zero attached hydrogens (tertiary/aromatic N) is 1. The minimum atomic E-state index is -1.03. The molecule has 2 unspecified atom stereocenters. The number of rotatable bonds is 5. The predicted molar refractivity (Wildman–Crippen MR) is 101 cm³/mol. The van der Waals surface area contributed by atoms with E-state index in [0.717, 1.165) is 25.9 Å². The van der Waals surface area contributed by atoms with Crippen molar-refractivity contribution in [3.8, 4) is 0 Å². The maximum Gasteiger partial charge on any atom is 0.419 e. The van der Waals surface area contributed by atoms with E-state index >= 15 is 0 Å². The average molecular weight is 351 g/mol. The first kappa shape index (κ1) is 17.1. The van der Waals surface area contributed by atoms with E-state index in [2.05, 4.69) is 64.3 Å². The number of hydrazine groups is 1. The molecule has 2 atom stereocenters. The van der Waals surface area contributed by atoms with Gasteiger partial charge in [-0.05, 0) is 43.0 Å². The van der Waals surface area contributed by atoms with Gasteiger partial charge in [-0.15, -0.1) is 0 Å². The molecule has 3 N–H and O–H groups in total. The van der Waals surface area contributed by atoms with Gasteiger partial charge in [-0.1, -0.05) is 60.7 Å². The lowest BCUT2D eigenvalue weighted by atomic mass is 9.71. The van der Waals surface area contributed by atoms with Crippen LogP contribution in [0.15, 0.2) is 60.7 Å². The second-order valence-electron chi connectivity index (χ2n) is 7.26. The third kappa shape index (κ3) is 3.32. The summed E-state index contributed by atoms with van der Waals surface area (Å²) in [6, 6.07) is 21.5. The standard InChI is InChI=1S/C21H25N3O2/c25-21(26)23-22-19-17-11-13-24(14-12-17)20(19)18(15-7-3-1-4-8-15)16-9-5-2-6-10-16/h1-10,17-20,22-23H,11-14H2,(H,25,26). The van der Waals surface area contributed by atoms with Gasteiger partial charge in [0.2, 0.25) is 0 Å². The Morgan fingerprint density at radius 1 is 0.962 bits per heavy atom. The molecule has 0 aliphatic carbocycles. The molecule has 5 nitrogen and oxygen atoms in total. The summed E-state index contributed by atoms with van der Waals surface area (Å²) in [6.07, 6.45) is 1.20. The van der Waals surface area contributed by atoms with Crippen LogP contribution in [-0.2, 0) is 0 Å². The lowest BCUT2D eigenvalue weighted by Crippen LogP contribution is -2.67. The Balaban J connectivity index is 1.74. The fourth-order valence-corrected chi connectivity index (χ4v) is 4.76. The topological polar surface area (TPSA) is 64.6 Å². The van der Waals surface area contributed by atoms with E-state index in [-0.39, 0.29) is 18.0 Å². The first-order valence-corrected chi connectivity index (χ1v) is 9.32. The summed E-state index contributed by atoms with van der Waals surface area (Å²) in [6.45, 7) is 2.16. The molecular formula is C21H25N3O2. The van der Waals surface area contributed by atoms with Crippen LogP contribution in [0, 0.1) is 5.92 Å². The van der Waals surface area contributed by atoms with Crippen molar-refractivity contribution in [2.75, 3.05) is 13.1 Å². The summed E-state index contributed by atoms with van der Waals surface area (Å²) in [4.78, 5) is 13.6. The Morgan fingerprint density at radius 3 is 2.00 bits per heavy atom. The zero-order chi connectivity index (χ0) is 17.9. The fourth-order valence-electron chi connectivity index (χ4n) is 4.76. The zero-order valence-electron chi connectivity index (χ0n) is 14.7. The van der Waals surface area contributed by atoms with Gasteiger partial charge >= 0.3 is 6.09 Å². The molecule has 1 amide bonds. The molecule has 3 fully saturated rings. The summed E-state index contributed by atoms with van der Waals surface area (Å²) >= 11 is 0. The van der Waals surface area contributed by atoms with Crippen molar-refractivity contribution in [1.29, 1.82) is 0 Å². The van der Waals surface area contributed by atoms with Crippen LogP contribution in [0.5, 0.6) is 0 Å². The summed E-state index contributed by atoms with van der Waals surface area (Å²) in [5.41, 5.74) is 8.11. The first-order chi connectivity index (χ1) is 12.7. The lowest BCUT2D eigenvalue weighted by Gasteiger charge is -2.53. The van der Waals surface area contributed by atoms with Crippen LogP contribution in [0.4, 0.5) is 4.79 Å². The van der Waals surface area contributed by atoms with Crippen LogP contribution in [0.2, 0.25) is 0 Å². The molecule has 0 saturated carbocycles. The highest BCUT2D eigenvalue weighted by Gasteiger charge is 2.46. The molecule has 2 aromatic carbocycles. The third-order valence-corrected chi connectivity index (χ3v) is 5.88. The largest absolute Gasteiger partial charge is 0.464 e. The van der Waals surface area contributed by atoms with Gasteiger partial charge in [0.1, 0.15) is 0 Å². The molecule has 3 saturated heterocycles. The molecule has 2 bridgehead atoms. The van der Waals surface area contributed by atoms with Crippen molar-refractivity contribution in [3.63, 3.8) is 0 Å². The number of benzene rings is 2. The molecule has 0 spiro atoms. The number of piperidine rings is 3. The molecule has 0 aromatic heterocycles. The molecule has 5 heteroatoms. The predicted octanol–water partition coefficient (Wildman–Crippen LogP) is 3.05. The molecule has 2 aromatic rings. The van der Waals surface area contributed by atoms with Crippen LogP contribution in [0.25, 0.3) is 0 Å². The number of fused-ring (bicyclic) bond motifs is 3. The van der Waals surface area contributed by atoms with Crippen molar-refractivity contribution in [2.45, 2.75) is 30.8 Å². The third-order valence-electron chi connectivity index (χ3n) is 5.88. The maximum atomic E-state index is 11.1. The van der Waals surface area contributed by atoms with Gasteiger partial charge < -0.3 is 5.11 Å². The highest BCUT2D eigenvalue weighted by atomic mass is 16.4. The minimum Gasteiger partial charge on any atom is -0.464 e. The molecule has 0 radical (unpaired) electrons. The number of amides is 1. The number of carboxylic acid groups (broad SMARTS) is 1. The van der Waals surface area contributed by atoms with Crippen LogP contribution >= 0.6 is 0 Å². The van der Waals surface area contributed by atoms with Gasteiger partial charge in [0.15, 0.2) is 0 Å². The zero-order valence-corrected chi connectivity index (χ0v) is 14.7. The Kier molecular flexibility index (Phi) is 4.91. The minimum absolute atomic E-state index is 0.0963. The van der Waals surface area contributed by atoms with Crippen LogP contribution in [-0.4, -0.2) is 41.3 Å². The van der Waals surface area contributed by atoms with E-state index in [1.807, 2.05) is 12.1 Å². The van der Waals surface area contributed by atoms with Crippen molar-refractivity contribution < 1.29 is 9.90 Å². The second-order valence-corrected chi connectivity index (χ2v) is 7.26. The van der Waals surface area contributed by atoms with Gasteiger partial charge in [-0.3, -0.25) is 10.3 Å². The Bertz CT molecular complexity index is 690. The molecule has 5 rings (SSSR count). The van der Waals surface area contributed by atoms with Crippen molar-refractivity contribution in [1.82, 2.24) is 15.8 Å². The number of hydrogen-bond acceptors (Lipinski definition) is 3. The van der Waals surface area contributed by atoms with Crippen molar-refractivity contribution >= 4 is 6.09 Å². The Hall–Kier alpha value is -2.37. The quantitative estimate of drug-likeness (QED) is 0.725. The van der Waals surface area contributed by atoms with Gasteiger partial charge in [-0.2, -0.15) is 0 Å². The Labute approximate surface area is 154 Å². The van der Waals surface area contributed by atoms with E-state index in [1.165, 1.54) is 11.1 Å². The maximum absolute atomic E-state index is 11.1. The Morgan fingerprint density at radius 2 is 1.50 bits per heavy atom. The molecular weight excluding hydrogens is 326 g/mol. The molecule has 3 aliphatic heterocycles. The van der Waals surface area contributed by atoms with Gasteiger partial charge in [0.05, 0.1) is 0 Å². The average Bonchev–Trinajstić information content (AvgIpc) is 2.69. The normalized spacial score (nSPS) is 27.4. The van der Waals surface area contributed by atoms with Gasteiger partial charge in [-0.25, -0.2) is 10.2 Å². The molecule has 3 heterocycles. The van der Waals surface area contributed by atoms with Crippen molar-refractivity contribution in [2.24, 2.45) is 5.92 Å². The molecule has 3 aliphatic rings. The van der Waals surface area contributed by atoms with E-state index in [0.29, 0.717) is 5.92 Å². The van der Waals surface area contributed by atoms with E-state index in [9.17, 15) is 4.79 Å². The monoisotopic (exact) mass is 351 g/mol. The lowest BCUT2D eigenvalue weighted by molar-refractivity contribution is 0.000454. The highest BCUT2D eigenvalue weighted by Crippen LogP contribution is 2.41. The summed E-state index contributed by atoms with van der Waals surface area (Å²) < 4.78 is 0. The van der Waals surface area contributed by atoms with E-state index in [4.69, 9.17) is 5.11 Å². The SMILES string of the molecule is O=C(O)NNC1C2CCN(CC2)C1C(c1ccccc1)c1ccccc1. The smallest absolute Gasteiger partial charge is 0.419 e. The highest BCUT2D eigenvalue weighted by molar-refractivity contribution is 5.63.